The molecule has 0 aliphatic heterocycles. The summed E-state index contributed by atoms with van der Waals surface area (Å²) >= 11 is 0. The van der Waals surface area contributed by atoms with Crippen LogP contribution in [0.1, 0.15) is 32.3 Å². The van der Waals surface area contributed by atoms with E-state index in [2.05, 4.69) is 44.2 Å². The largest absolute Gasteiger partial charge is 0.0648 e. The van der Waals surface area contributed by atoms with Gasteiger partial charge in [-0.15, -0.1) is 0 Å². The van der Waals surface area contributed by atoms with E-state index in [1.807, 2.05) is 0 Å². The van der Waals surface area contributed by atoms with Gasteiger partial charge in [-0.05, 0) is 30.7 Å². The molecule has 0 aliphatic rings. The molecule has 1 aromatic carbocycles. The SMILES string of the molecule is CC[C](CC)Cc1ccccc1. The first-order valence-electron chi connectivity index (χ1n) is 4.74. The van der Waals surface area contributed by atoms with Crippen molar-refractivity contribution in [2.45, 2.75) is 33.1 Å². The molecule has 0 spiro atoms. The van der Waals surface area contributed by atoms with Crippen LogP contribution in [0.4, 0.5) is 0 Å². The van der Waals surface area contributed by atoms with Crippen molar-refractivity contribution in [3.8, 4) is 0 Å². The molecule has 0 bridgehead atoms. The molecule has 0 nitrogen and oxygen atoms in total. The Balaban J connectivity index is 2.51. The lowest BCUT2D eigenvalue weighted by Crippen LogP contribution is -1.98. The molecule has 65 valence electrons. The minimum absolute atomic E-state index is 1.16. The van der Waals surface area contributed by atoms with Crippen LogP contribution in [0, 0.1) is 5.92 Å². The van der Waals surface area contributed by atoms with Crippen molar-refractivity contribution in [2.75, 3.05) is 0 Å². The topological polar surface area (TPSA) is 0 Å². The second-order valence-electron chi connectivity index (χ2n) is 3.12. The van der Waals surface area contributed by atoms with Crippen LogP contribution in [0.25, 0.3) is 0 Å². The van der Waals surface area contributed by atoms with E-state index in [9.17, 15) is 0 Å². The summed E-state index contributed by atoms with van der Waals surface area (Å²) in [5, 5.41) is 0. The van der Waals surface area contributed by atoms with E-state index in [-0.39, 0.29) is 0 Å². The van der Waals surface area contributed by atoms with Crippen LogP contribution in [0.5, 0.6) is 0 Å². The lowest BCUT2D eigenvalue weighted by atomic mass is 9.95. The van der Waals surface area contributed by atoms with Crippen LogP contribution < -0.4 is 0 Å². The van der Waals surface area contributed by atoms with Crippen LogP contribution in [0.15, 0.2) is 30.3 Å². The molecule has 0 fully saturated rings. The fourth-order valence-corrected chi connectivity index (χ4v) is 1.38. The summed E-state index contributed by atoms with van der Waals surface area (Å²) in [6.07, 6.45) is 3.59. The molecule has 0 amide bonds. The summed E-state index contributed by atoms with van der Waals surface area (Å²) in [6.45, 7) is 4.48. The van der Waals surface area contributed by atoms with Crippen LogP contribution in [0.2, 0.25) is 0 Å². The maximum atomic E-state index is 2.24. The first-order valence-corrected chi connectivity index (χ1v) is 4.74. The highest BCUT2D eigenvalue weighted by Crippen LogP contribution is 2.16. The van der Waals surface area contributed by atoms with E-state index >= 15 is 0 Å². The predicted octanol–water partition coefficient (Wildman–Crippen LogP) is 3.62. The second kappa shape index (κ2) is 4.97. The molecule has 0 saturated heterocycles. The zero-order chi connectivity index (χ0) is 8.81. The standard InChI is InChI=1S/C12H17/c1-3-11(4-2)10-12-8-6-5-7-9-12/h5-9H,3-4,10H2,1-2H3. The molecule has 1 radical (unpaired) electrons. The smallest absolute Gasteiger partial charge is 0.0203 e. The van der Waals surface area contributed by atoms with E-state index < -0.39 is 0 Å². The number of benzene rings is 1. The van der Waals surface area contributed by atoms with Crippen molar-refractivity contribution >= 4 is 0 Å². The van der Waals surface area contributed by atoms with Crippen molar-refractivity contribution in [3.63, 3.8) is 0 Å². The molecule has 0 aliphatic carbocycles. The summed E-state index contributed by atoms with van der Waals surface area (Å²) in [5.41, 5.74) is 1.44. The third-order valence-electron chi connectivity index (χ3n) is 2.30. The van der Waals surface area contributed by atoms with Crippen molar-refractivity contribution < 1.29 is 0 Å². The minimum Gasteiger partial charge on any atom is -0.0648 e. The summed E-state index contributed by atoms with van der Waals surface area (Å²) in [7, 11) is 0. The monoisotopic (exact) mass is 161 g/mol. The number of rotatable bonds is 4. The van der Waals surface area contributed by atoms with Gasteiger partial charge < -0.3 is 0 Å². The molecule has 0 saturated carbocycles. The van der Waals surface area contributed by atoms with Gasteiger partial charge in [0.1, 0.15) is 0 Å². The van der Waals surface area contributed by atoms with E-state index in [0.29, 0.717) is 0 Å². The van der Waals surface area contributed by atoms with Crippen LogP contribution >= 0.6 is 0 Å². The first kappa shape index (κ1) is 9.31. The highest BCUT2D eigenvalue weighted by molar-refractivity contribution is 5.18. The number of hydrogen-bond acceptors (Lipinski definition) is 0. The summed E-state index contributed by atoms with van der Waals surface area (Å²) in [4.78, 5) is 0. The second-order valence-corrected chi connectivity index (χ2v) is 3.12. The molecule has 1 aromatic rings. The van der Waals surface area contributed by atoms with Crippen LogP contribution in [-0.4, -0.2) is 0 Å². The third-order valence-corrected chi connectivity index (χ3v) is 2.30. The van der Waals surface area contributed by atoms with Gasteiger partial charge >= 0.3 is 0 Å². The maximum absolute atomic E-state index is 2.24. The Hall–Kier alpha value is -0.780. The lowest BCUT2D eigenvalue weighted by Gasteiger charge is -2.10. The van der Waals surface area contributed by atoms with Gasteiger partial charge in [0.15, 0.2) is 0 Å². The number of hydrogen-bond donors (Lipinski definition) is 0. The van der Waals surface area contributed by atoms with Gasteiger partial charge in [0.05, 0.1) is 0 Å². The summed E-state index contributed by atoms with van der Waals surface area (Å²) in [5.74, 6) is 1.64. The van der Waals surface area contributed by atoms with E-state index in [0.717, 1.165) is 6.42 Å². The highest BCUT2D eigenvalue weighted by atomic mass is 14.1. The quantitative estimate of drug-likeness (QED) is 0.632. The van der Waals surface area contributed by atoms with Crippen molar-refractivity contribution in [1.29, 1.82) is 0 Å². The molecular formula is C12H17. The lowest BCUT2D eigenvalue weighted by molar-refractivity contribution is 0.756. The molecule has 0 N–H and O–H groups in total. The van der Waals surface area contributed by atoms with Gasteiger partial charge in [0.2, 0.25) is 0 Å². The van der Waals surface area contributed by atoms with Crippen LogP contribution in [-0.2, 0) is 6.42 Å². The van der Waals surface area contributed by atoms with Gasteiger partial charge in [-0.3, -0.25) is 0 Å². The zero-order valence-corrected chi connectivity index (χ0v) is 8.01. The average Bonchev–Trinajstić information content (AvgIpc) is 2.16. The molecule has 12 heavy (non-hydrogen) atoms. The van der Waals surface area contributed by atoms with Gasteiger partial charge in [-0.1, -0.05) is 44.2 Å². The van der Waals surface area contributed by atoms with Crippen molar-refractivity contribution in [3.05, 3.63) is 41.8 Å². The maximum Gasteiger partial charge on any atom is -0.0203 e. The Morgan fingerprint density at radius 2 is 1.58 bits per heavy atom. The summed E-state index contributed by atoms with van der Waals surface area (Å²) < 4.78 is 0. The van der Waals surface area contributed by atoms with Crippen molar-refractivity contribution in [2.24, 2.45) is 0 Å². The molecule has 0 aromatic heterocycles. The van der Waals surface area contributed by atoms with E-state index in [1.54, 1.807) is 5.92 Å². The normalized spacial score (nSPS) is 10.6. The average molecular weight is 161 g/mol. The predicted molar refractivity (Wildman–Crippen MR) is 54.0 cm³/mol. The zero-order valence-electron chi connectivity index (χ0n) is 8.01. The first-order chi connectivity index (χ1) is 5.86. The van der Waals surface area contributed by atoms with Crippen LogP contribution in [0.3, 0.4) is 0 Å². The molecule has 0 unspecified atom stereocenters. The Kier molecular flexibility index (Phi) is 3.86. The van der Waals surface area contributed by atoms with Gasteiger partial charge in [-0.25, -0.2) is 0 Å². The van der Waals surface area contributed by atoms with E-state index in [1.165, 1.54) is 18.4 Å². The molecule has 0 heteroatoms. The molecule has 0 atom stereocenters. The summed E-state index contributed by atoms with van der Waals surface area (Å²) in [6, 6.07) is 10.7. The van der Waals surface area contributed by atoms with E-state index in [4.69, 9.17) is 0 Å². The molecule has 0 heterocycles. The minimum atomic E-state index is 1.16. The fraction of sp³-hybridized carbons (Fsp3) is 0.417. The van der Waals surface area contributed by atoms with Gasteiger partial charge in [0.25, 0.3) is 0 Å². The molecule has 1 rings (SSSR count). The Morgan fingerprint density at radius 1 is 1.00 bits per heavy atom. The highest BCUT2D eigenvalue weighted by Gasteiger charge is 2.03. The van der Waals surface area contributed by atoms with Gasteiger partial charge in [0, 0.05) is 0 Å². The molecular weight excluding hydrogens is 144 g/mol. The Labute approximate surface area is 75.6 Å². The third kappa shape index (κ3) is 2.69. The fourth-order valence-electron chi connectivity index (χ4n) is 1.38. The Bertz CT molecular complexity index is 197. The van der Waals surface area contributed by atoms with Crippen molar-refractivity contribution in [1.82, 2.24) is 0 Å². The Morgan fingerprint density at radius 3 is 2.08 bits per heavy atom. The van der Waals surface area contributed by atoms with Gasteiger partial charge in [-0.2, -0.15) is 0 Å².